The summed E-state index contributed by atoms with van der Waals surface area (Å²) in [6, 6.07) is 14.2. The molecule has 2 atom stereocenters. The van der Waals surface area contributed by atoms with E-state index in [0.29, 0.717) is 17.1 Å². The van der Waals surface area contributed by atoms with Crippen LogP contribution in [0.15, 0.2) is 54.6 Å². The molecule has 0 aliphatic rings. The minimum Gasteiger partial charge on any atom is -0.497 e. The van der Waals surface area contributed by atoms with Crippen molar-refractivity contribution < 1.29 is 23.9 Å². The van der Waals surface area contributed by atoms with Gasteiger partial charge in [-0.2, -0.15) is 0 Å². The fourth-order valence-corrected chi connectivity index (χ4v) is 2.55. The second kappa shape index (κ2) is 10.8. The molecule has 0 aliphatic carbocycles. The lowest BCUT2D eigenvalue weighted by molar-refractivity contribution is -0.156. The summed E-state index contributed by atoms with van der Waals surface area (Å²) in [7, 11) is 1.55. The van der Waals surface area contributed by atoms with Crippen molar-refractivity contribution in [2.45, 2.75) is 32.9 Å². The van der Waals surface area contributed by atoms with E-state index in [4.69, 9.17) is 9.47 Å². The molecule has 160 valence electrons. The second-order valence-corrected chi connectivity index (χ2v) is 6.98. The average Bonchev–Trinajstić information content (AvgIpc) is 2.72. The molecule has 0 saturated heterocycles. The number of urea groups is 1. The number of carbonyl (C=O) groups is 3. The summed E-state index contributed by atoms with van der Waals surface area (Å²) in [5.74, 6) is -0.752. The van der Waals surface area contributed by atoms with Crippen LogP contribution in [0.4, 0.5) is 16.2 Å². The molecule has 2 aromatic carbocycles. The predicted molar refractivity (Wildman–Crippen MR) is 114 cm³/mol. The van der Waals surface area contributed by atoms with E-state index >= 15 is 0 Å². The highest BCUT2D eigenvalue weighted by molar-refractivity contribution is 5.96. The van der Waals surface area contributed by atoms with Crippen LogP contribution in [0, 0.1) is 5.92 Å². The molecule has 0 heterocycles. The summed E-state index contributed by atoms with van der Waals surface area (Å²) in [6.07, 6.45) is -1.04. The van der Waals surface area contributed by atoms with Crippen LogP contribution in [-0.4, -0.2) is 37.2 Å². The summed E-state index contributed by atoms with van der Waals surface area (Å²) in [6.45, 7) is 5.02. The van der Waals surface area contributed by atoms with E-state index in [-0.39, 0.29) is 5.92 Å². The first-order valence-corrected chi connectivity index (χ1v) is 9.58. The lowest BCUT2D eigenvalue weighted by atomic mass is 10.0. The minimum absolute atomic E-state index is 0.240. The van der Waals surface area contributed by atoms with E-state index in [9.17, 15) is 14.4 Å². The van der Waals surface area contributed by atoms with Gasteiger partial charge in [-0.25, -0.2) is 9.59 Å². The lowest BCUT2D eigenvalue weighted by Gasteiger charge is -2.23. The van der Waals surface area contributed by atoms with Crippen LogP contribution in [0.25, 0.3) is 0 Å². The minimum atomic E-state index is -1.04. The first-order valence-electron chi connectivity index (χ1n) is 9.58. The van der Waals surface area contributed by atoms with Gasteiger partial charge in [0.25, 0.3) is 5.91 Å². The Bertz CT molecular complexity index is 853. The van der Waals surface area contributed by atoms with E-state index in [1.54, 1.807) is 69.5 Å². The highest BCUT2D eigenvalue weighted by Gasteiger charge is 2.29. The fraction of sp³-hybridized carbons (Fsp3) is 0.318. The molecular weight excluding hydrogens is 386 g/mol. The maximum Gasteiger partial charge on any atom is 0.329 e. The Morgan fingerprint density at radius 2 is 1.43 bits per heavy atom. The van der Waals surface area contributed by atoms with E-state index in [1.165, 1.54) is 6.92 Å². The van der Waals surface area contributed by atoms with Crippen molar-refractivity contribution in [2.75, 3.05) is 17.7 Å². The number of esters is 1. The van der Waals surface area contributed by atoms with Crippen molar-refractivity contribution >= 4 is 29.3 Å². The van der Waals surface area contributed by atoms with Gasteiger partial charge in [-0.3, -0.25) is 4.79 Å². The molecular formula is C22H27N3O5. The third kappa shape index (κ3) is 6.80. The highest BCUT2D eigenvalue weighted by atomic mass is 16.5. The molecule has 3 amide bonds. The van der Waals surface area contributed by atoms with E-state index in [0.717, 1.165) is 0 Å². The van der Waals surface area contributed by atoms with Gasteiger partial charge in [-0.05, 0) is 49.2 Å². The van der Waals surface area contributed by atoms with Crippen LogP contribution < -0.4 is 20.7 Å². The van der Waals surface area contributed by atoms with Gasteiger partial charge in [0.2, 0.25) is 0 Å². The topological polar surface area (TPSA) is 106 Å². The van der Waals surface area contributed by atoms with Gasteiger partial charge in [-0.15, -0.1) is 0 Å². The standard InChI is InChI=1S/C22H27N3O5/c1-14(2)19(25-22(28)24-16-8-6-5-7-9-16)21(27)30-15(3)20(26)23-17-10-12-18(29-4)13-11-17/h5-15,19H,1-4H3,(H,23,26)(H2,24,25,28)/t15-,19-/m1/s1. The lowest BCUT2D eigenvalue weighted by Crippen LogP contribution is -2.48. The van der Waals surface area contributed by atoms with Crippen LogP contribution in [0.2, 0.25) is 0 Å². The quantitative estimate of drug-likeness (QED) is 0.575. The number of ether oxygens (including phenoxy) is 2. The normalized spacial score (nSPS) is 12.4. The van der Waals surface area contributed by atoms with Crippen LogP contribution in [0.3, 0.4) is 0 Å². The Kier molecular flexibility index (Phi) is 8.22. The number of hydrogen-bond donors (Lipinski definition) is 3. The van der Waals surface area contributed by atoms with E-state index in [1.807, 2.05) is 6.07 Å². The van der Waals surface area contributed by atoms with Crippen molar-refractivity contribution in [3.63, 3.8) is 0 Å². The van der Waals surface area contributed by atoms with Gasteiger partial charge in [0.05, 0.1) is 7.11 Å². The zero-order valence-electron chi connectivity index (χ0n) is 17.5. The Labute approximate surface area is 175 Å². The van der Waals surface area contributed by atoms with Crippen molar-refractivity contribution in [3.8, 4) is 5.75 Å². The van der Waals surface area contributed by atoms with Crippen molar-refractivity contribution in [1.29, 1.82) is 0 Å². The Hall–Kier alpha value is -3.55. The molecule has 0 aromatic heterocycles. The highest BCUT2D eigenvalue weighted by Crippen LogP contribution is 2.16. The molecule has 0 spiro atoms. The zero-order chi connectivity index (χ0) is 22.1. The van der Waals surface area contributed by atoms with E-state index in [2.05, 4.69) is 16.0 Å². The number of amides is 3. The Balaban J connectivity index is 1.92. The van der Waals surface area contributed by atoms with E-state index < -0.39 is 30.1 Å². The third-order valence-electron chi connectivity index (χ3n) is 4.26. The molecule has 0 radical (unpaired) electrons. The number of benzene rings is 2. The van der Waals surface area contributed by atoms with Crippen molar-refractivity contribution in [2.24, 2.45) is 5.92 Å². The molecule has 8 nitrogen and oxygen atoms in total. The maximum absolute atomic E-state index is 12.6. The summed E-state index contributed by atoms with van der Waals surface area (Å²) >= 11 is 0. The Morgan fingerprint density at radius 3 is 2.00 bits per heavy atom. The zero-order valence-corrected chi connectivity index (χ0v) is 17.5. The molecule has 0 saturated carbocycles. The number of hydrogen-bond acceptors (Lipinski definition) is 5. The number of para-hydroxylation sites is 1. The van der Waals surface area contributed by atoms with Gasteiger partial charge >= 0.3 is 12.0 Å². The molecule has 3 N–H and O–H groups in total. The molecule has 2 aromatic rings. The molecule has 2 rings (SSSR count). The monoisotopic (exact) mass is 413 g/mol. The number of nitrogens with one attached hydrogen (secondary N) is 3. The number of anilines is 2. The molecule has 30 heavy (non-hydrogen) atoms. The van der Waals surface area contributed by atoms with Gasteiger partial charge < -0.3 is 25.4 Å². The summed E-state index contributed by atoms with van der Waals surface area (Å²) in [5.41, 5.74) is 1.14. The van der Waals surface area contributed by atoms with Crippen LogP contribution in [0.5, 0.6) is 5.75 Å². The van der Waals surface area contributed by atoms with Gasteiger partial charge in [-0.1, -0.05) is 32.0 Å². The first-order chi connectivity index (χ1) is 14.3. The predicted octanol–water partition coefficient (Wildman–Crippen LogP) is 3.41. The molecule has 0 aliphatic heterocycles. The second-order valence-electron chi connectivity index (χ2n) is 6.98. The smallest absolute Gasteiger partial charge is 0.329 e. The number of rotatable bonds is 8. The number of carbonyl (C=O) groups excluding carboxylic acids is 3. The van der Waals surface area contributed by atoms with Crippen molar-refractivity contribution in [3.05, 3.63) is 54.6 Å². The van der Waals surface area contributed by atoms with Gasteiger partial charge in [0, 0.05) is 11.4 Å². The summed E-state index contributed by atoms with van der Waals surface area (Å²) in [4.78, 5) is 37.1. The molecule has 0 fully saturated rings. The largest absolute Gasteiger partial charge is 0.497 e. The average molecular weight is 413 g/mol. The number of methoxy groups -OCH3 is 1. The fourth-order valence-electron chi connectivity index (χ4n) is 2.55. The molecule has 0 bridgehead atoms. The SMILES string of the molecule is COc1ccc(NC(=O)[C@@H](C)OC(=O)[C@H](NC(=O)Nc2ccccc2)C(C)C)cc1. The Morgan fingerprint density at radius 1 is 0.833 bits per heavy atom. The van der Waals surface area contributed by atoms with Gasteiger partial charge in [0.1, 0.15) is 11.8 Å². The molecule has 8 heteroatoms. The van der Waals surface area contributed by atoms with Crippen molar-refractivity contribution in [1.82, 2.24) is 5.32 Å². The van der Waals surface area contributed by atoms with Crippen LogP contribution in [-0.2, 0) is 14.3 Å². The van der Waals surface area contributed by atoms with Gasteiger partial charge in [0.15, 0.2) is 6.10 Å². The summed E-state index contributed by atoms with van der Waals surface area (Å²) < 4.78 is 10.4. The third-order valence-corrected chi connectivity index (χ3v) is 4.26. The van der Waals surface area contributed by atoms with Crippen LogP contribution >= 0.6 is 0 Å². The first kappa shape index (κ1) is 22.7. The molecule has 0 unspecified atom stereocenters. The maximum atomic E-state index is 12.6. The van der Waals surface area contributed by atoms with Crippen LogP contribution in [0.1, 0.15) is 20.8 Å². The summed E-state index contributed by atoms with van der Waals surface area (Å²) in [5, 5.41) is 7.92.